The molecule has 2 nitrogen and oxygen atoms in total. The van der Waals surface area contributed by atoms with Crippen LogP contribution in [0.3, 0.4) is 0 Å². The smallest absolute Gasteiger partial charge is 0.119 e. The molecule has 0 saturated carbocycles. The van der Waals surface area contributed by atoms with Gasteiger partial charge in [0.15, 0.2) is 0 Å². The van der Waals surface area contributed by atoms with Crippen molar-refractivity contribution >= 4 is 11.8 Å². The molecule has 0 aromatic heterocycles. The minimum Gasteiger partial charge on any atom is -0.497 e. The van der Waals surface area contributed by atoms with Crippen LogP contribution < -0.4 is 10.5 Å². The molecular formula is C18H21NOS. The second-order valence-corrected chi connectivity index (χ2v) is 6.83. The summed E-state index contributed by atoms with van der Waals surface area (Å²) in [6, 6.07) is 14.9. The van der Waals surface area contributed by atoms with E-state index < -0.39 is 0 Å². The van der Waals surface area contributed by atoms with Crippen LogP contribution >= 0.6 is 11.8 Å². The molecule has 0 amide bonds. The molecule has 2 N–H and O–H groups in total. The van der Waals surface area contributed by atoms with Crippen LogP contribution in [0.25, 0.3) is 0 Å². The topological polar surface area (TPSA) is 35.2 Å². The van der Waals surface area contributed by atoms with Crippen LogP contribution in [0.5, 0.6) is 5.75 Å². The Kier molecular flexibility index (Phi) is 4.22. The van der Waals surface area contributed by atoms with Gasteiger partial charge in [-0.05, 0) is 54.7 Å². The average Bonchev–Trinajstić information content (AvgIpc) is 2.52. The minimum absolute atomic E-state index is 0.0634. The highest BCUT2D eigenvalue weighted by Gasteiger charge is 2.28. The normalized spacial score (nSPS) is 20.9. The summed E-state index contributed by atoms with van der Waals surface area (Å²) in [4.78, 5) is 1.34. The number of nitrogens with two attached hydrogens (primary N) is 1. The van der Waals surface area contributed by atoms with Crippen LogP contribution in [0.1, 0.15) is 29.2 Å². The van der Waals surface area contributed by atoms with Crippen LogP contribution in [0, 0.1) is 6.92 Å². The number of rotatable bonds is 3. The second kappa shape index (κ2) is 6.12. The van der Waals surface area contributed by atoms with E-state index in [1.54, 1.807) is 7.11 Å². The van der Waals surface area contributed by atoms with Crippen molar-refractivity contribution in [3.8, 4) is 5.75 Å². The predicted molar refractivity (Wildman–Crippen MR) is 89.1 cm³/mol. The van der Waals surface area contributed by atoms with E-state index in [-0.39, 0.29) is 6.04 Å². The van der Waals surface area contributed by atoms with E-state index in [9.17, 15) is 0 Å². The summed E-state index contributed by atoms with van der Waals surface area (Å²) >= 11 is 1.91. The van der Waals surface area contributed by atoms with E-state index in [0.29, 0.717) is 5.25 Å². The Morgan fingerprint density at radius 2 is 2.00 bits per heavy atom. The molecule has 2 unspecified atom stereocenters. The largest absolute Gasteiger partial charge is 0.497 e. The van der Waals surface area contributed by atoms with Crippen molar-refractivity contribution in [1.29, 1.82) is 0 Å². The van der Waals surface area contributed by atoms with Crippen molar-refractivity contribution in [1.82, 2.24) is 0 Å². The van der Waals surface area contributed by atoms with Crippen molar-refractivity contribution in [3.05, 3.63) is 59.2 Å². The fourth-order valence-corrected chi connectivity index (χ4v) is 4.17. The molecule has 1 aliphatic carbocycles. The number of hydrogen-bond donors (Lipinski definition) is 1. The van der Waals surface area contributed by atoms with Crippen molar-refractivity contribution in [2.24, 2.45) is 5.73 Å². The molecule has 0 radical (unpaired) electrons. The van der Waals surface area contributed by atoms with Gasteiger partial charge in [-0.1, -0.05) is 24.3 Å². The first-order valence-electron chi connectivity index (χ1n) is 7.33. The summed E-state index contributed by atoms with van der Waals surface area (Å²) < 4.78 is 5.34. The van der Waals surface area contributed by atoms with Gasteiger partial charge in [0.25, 0.3) is 0 Å². The highest BCUT2D eigenvalue weighted by Crippen LogP contribution is 2.40. The number of benzene rings is 2. The minimum atomic E-state index is 0.0634. The fourth-order valence-electron chi connectivity index (χ4n) is 2.90. The molecule has 0 spiro atoms. The first-order valence-corrected chi connectivity index (χ1v) is 8.21. The maximum atomic E-state index is 6.54. The Labute approximate surface area is 130 Å². The van der Waals surface area contributed by atoms with Gasteiger partial charge < -0.3 is 10.5 Å². The summed E-state index contributed by atoms with van der Waals surface area (Å²) in [6.07, 6.45) is 2.22. The zero-order valence-electron chi connectivity index (χ0n) is 12.5. The van der Waals surface area contributed by atoms with Gasteiger partial charge in [-0.2, -0.15) is 0 Å². The Morgan fingerprint density at radius 1 is 1.19 bits per heavy atom. The number of methoxy groups -OCH3 is 1. The number of aryl methyl sites for hydroxylation is 2. The highest BCUT2D eigenvalue weighted by molar-refractivity contribution is 8.00. The second-order valence-electron chi connectivity index (χ2n) is 5.55. The standard InChI is InChI=1S/C18H21NOS/c1-12-5-3-4-6-16(12)21-17-10-8-13-7-9-14(20-2)11-15(13)18(17)19/h3-7,9,11,17-18H,8,10,19H2,1-2H3. The maximum Gasteiger partial charge on any atom is 0.119 e. The lowest BCUT2D eigenvalue weighted by Gasteiger charge is -2.31. The third kappa shape index (κ3) is 2.94. The zero-order chi connectivity index (χ0) is 14.8. The van der Waals surface area contributed by atoms with Gasteiger partial charge in [0.2, 0.25) is 0 Å². The van der Waals surface area contributed by atoms with Gasteiger partial charge in [0.1, 0.15) is 5.75 Å². The lowest BCUT2D eigenvalue weighted by atomic mass is 9.87. The first-order chi connectivity index (χ1) is 10.2. The number of ether oxygens (including phenoxy) is 1. The molecule has 0 aliphatic heterocycles. The summed E-state index contributed by atoms with van der Waals surface area (Å²) in [7, 11) is 1.70. The van der Waals surface area contributed by atoms with Gasteiger partial charge in [-0.25, -0.2) is 0 Å². The molecule has 110 valence electrons. The maximum absolute atomic E-state index is 6.54. The molecule has 3 heteroatoms. The van der Waals surface area contributed by atoms with Crippen LogP contribution in [0.2, 0.25) is 0 Å². The van der Waals surface area contributed by atoms with Crippen molar-refractivity contribution < 1.29 is 4.74 Å². The monoisotopic (exact) mass is 299 g/mol. The molecule has 2 aromatic carbocycles. The zero-order valence-corrected chi connectivity index (χ0v) is 13.3. The van der Waals surface area contributed by atoms with E-state index in [2.05, 4.69) is 43.3 Å². The third-order valence-electron chi connectivity index (χ3n) is 4.18. The van der Waals surface area contributed by atoms with Gasteiger partial charge in [0, 0.05) is 16.2 Å². The molecular weight excluding hydrogens is 278 g/mol. The molecule has 0 saturated heterocycles. The molecule has 0 heterocycles. The number of fused-ring (bicyclic) bond motifs is 1. The Morgan fingerprint density at radius 3 is 2.76 bits per heavy atom. The fraction of sp³-hybridized carbons (Fsp3) is 0.333. The van der Waals surface area contributed by atoms with Crippen LogP contribution in [0.4, 0.5) is 0 Å². The summed E-state index contributed by atoms with van der Waals surface area (Å²) in [5, 5.41) is 0.422. The lowest BCUT2D eigenvalue weighted by Crippen LogP contribution is -2.29. The summed E-state index contributed by atoms with van der Waals surface area (Å²) in [5.74, 6) is 0.894. The lowest BCUT2D eigenvalue weighted by molar-refractivity contribution is 0.412. The number of hydrogen-bond acceptors (Lipinski definition) is 3. The quantitative estimate of drug-likeness (QED) is 0.926. The Balaban J connectivity index is 1.85. The average molecular weight is 299 g/mol. The van der Waals surface area contributed by atoms with Crippen molar-refractivity contribution in [2.45, 2.75) is 36.0 Å². The van der Waals surface area contributed by atoms with Gasteiger partial charge in [0.05, 0.1) is 7.11 Å². The van der Waals surface area contributed by atoms with E-state index in [1.165, 1.54) is 21.6 Å². The molecule has 2 atom stereocenters. The SMILES string of the molecule is COc1ccc2c(c1)C(N)C(Sc1ccccc1C)CC2. The van der Waals surface area contributed by atoms with Crippen LogP contribution in [0.15, 0.2) is 47.4 Å². The van der Waals surface area contributed by atoms with E-state index in [0.717, 1.165) is 18.6 Å². The van der Waals surface area contributed by atoms with Crippen molar-refractivity contribution in [2.75, 3.05) is 7.11 Å². The van der Waals surface area contributed by atoms with Gasteiger partial charge in [-0.3, -0.25) is 0 Å². The van der Waals surface area contributed by atoms with Crippen LogP contribution in [-0.4, -0.2) is 12.4 Å². The summed E-state index contributed by atoms with van der Waals surface area (Å²) in [6.45, 7) is 2.16. The Hall–Kier alpha value is -1.45. The Bertz CT molecular complexity index is 641. The van der Waals surface area contributed by atoms with E-state index >= 15 is 0 Å². The predicted octanol–water partition coefficient (Wildman–Crippen LogP) is 4.11. The molecule has 2 aromatic rings. The van der Waals surface area contributed by atoms with Gasteiger partial charge >= 0.3 is 0 Å². The molecule has 0 fully saturated rings. The van der Waals surface area contributed by atoms with Crippen molar-refractivity contribution in [3.63, 3.8) is 0 Å². The molecule has 3 rings (SSSR count). The van der Waals surface area contributed by atoms with E-state index in [4.69, 9.17) is 10.5 Å². The third-order valence-corrected chi connectivity index (χ3v) is 5.73. The summed E-state index contributed by atoms with van der Waals surface area (Å²) in [5.41, 5.74) is 10.5. The van der Waals surface area contributed by atoms with Crippen LogP contribution in [-0.2, 0) is 6.42 Å². The van der Waals surface area contributed by atoms with Gasteiger partial charge in [-0.15, -0.1) is 11.8 Å². The highest BCUT2D eigenvalue weighted by atomic mass is 32.2. The number of thioether (sulfide) groups is 1. The molecule has 1 aliphatic rings. The van der Waals surface area contributed by atoms with E-state index in [1.807, 2.05) is 17.8 Å². The molecule has 0 bridgehead atoms. The first kappa shape index (κ1) is 14.5. The molecule has 21 heavy (non-hydrogen) atoms.